The molecule has 3 unspecified atom stereocenters. The Kier molecular flexibility index (Phi) is 6.33. The second-order valence-corrected chi connectivity index (χ2v) is 13.0. The molecule has 0 aliphatic rings. The van der Waals surface area contributed by atoms with Crippen molar-refractivity contribution in [2.75, 3.05) is 7.11 Å². The van der Waals surface area contributed by atoms with Gasteiger partial charge in [-0.1, -0.05) is 0 Å². The average molecular weight is 320 g/mol. The lowest BCUT2D eigenvalue weighted by Crippen LogP contribution is -2.59. The first-order valence-corrected chi connectivity index (χ1v) is 13.4. The fraction of sp³-hybridized carbons (Fsp3) is 1.00. The van der Waals surface area contributed by atoms with E-state index >= 15 is 0 Å². The van der Waals surface area contributed by atoms with Crippen molar-refractivity contribution in [2.45, 2.75) is 26.2 Å². The Morgan fingerprint density at radius 1 is 0.882 bits per heavy atom. The number of hydrogen-bond acceptors (Lipinski definition) is 8. The largest absolute Gasteiger partial charge is 0.487 e. The van der Waals surface area contributed by atoms with Gasteiger partial charge in [0.25, 0.3) is 0 Å². The number of hydrogen-bond donors (Lipinski definition) is 4. The van der Waals surface area contributed by atoms with Gasteiger partial charge in [0.2, 0.25) is 0 Å². The van der Waals surface area contributed by atoms with E-state index < -0.39 is 35.7 Å². The van der Waals surface area contributed by atoms with Gasteiger partial charge in [-0.3, -0.25) is 0 Å². The molecule has 0 aromatic rings. The van der Waals surface area contributed by atoms with Crippen LogP contribution in [-0.4, -0.2) is 62.0 Å². The molecule has 3 atom stereocenters. The van der Waals surface area contributed by atoms with E-state index in [1.165, 1.54) is 33.3 Å². The minimum absolute atomic E-state index is 1.22. The summed E-state index contributed by atoms with van der Waals surface area (Å²) in [5.41, 5.74) is 0. The molecule has 0 fully saturated rings. The lowest BCUT2D eigenvalue weighted by molar-refractivity contribution is 0.123. The van der Waals surface area contributed by atoms with Gasteiger partial charge < -0.3 is 36.0 Å². The Labute approximate surface area is 105 Å². The highest BCUT2D eigenvalue weighted by Gasteiger charge is 2.49. The van der Waals surface area contributed by atoms with E-state index in [4.69, 9.17) is 17.1 Å². The molecule has 0 rings (SSSR count). The van der Waals surface area contributed by atoms with Crippen molar-refractivity contribution in [3.05, 3.63) is 0 Å². The highest BCUT2D eigenvalue weighted by molar-refractivity contribution is 6.79. The van der Waals surface area contributed by atoms with Crippen LogP contribution in [0.25, 0.3) is 0 Å². The smallest absolute Gasteiger partial charge is 0.410 e. The Morgan fingerprint density at radius 3 is 1.65 bits per heavy atom. The molecule has 0 amide bonds. The molecule has 1 radical (unpaired) electrons. The molecule has 0 saturated carbocycles. The molecule has 103 valence electrons. The highest BCUT2D eigenvalue weighted by atomic mass is 28.5. The van der Waals surface area contributed by atoms with E-state index in [1.54, 1.807) is 0 Å². The Hall–Kier alpha value is 0.548. The molecule has 0 aliphatic carbocycles. The van der Waals surface area contributed by atoms with Crippen LogP contribution in [0.2, 0.25) is 26.2 Å². The Bertz CT molecular complexity index is 244. The van der Waals surface area contributed by atoms with Crippen LogP contribution in [0.4, 0.5) is 0 Å². The van der Waals surface area contributed by atoms with Gasteiger partial charge in [-0.25, -0.2) is 0 Å². The third-order valence-corrected chi connectivity index (χ3v) is 11.0. The van der Waals surface area contributed by atoms with Crippen LogP contribution in [-0.2, 0) is 16.8 Å². The third kappa shape index (κ3) is 8.29. The minimum Gasteiger partial charge on any atom is -0.410 e. The molecule has 0 aromatic carbocycles. The normalized spacial score (nSPS) is 22.9. The van der Waals surface area contributed by atoms with Gasteiger partial charge in [0.05, 0.1) is 0 Å². The maximum Gasteiger partial charge on any atom is 0.487 e. The molecule has 4 N–H and O–H groups in total. The van der Waals surface area contributed by atoms with Crippen molar-refractivity contribution in [1.29, 1.82) is 0 Å². The summed E-state index contributed by atoms with van der Waals surface area (Å²) in [6.07, 6.45) is 0. The molecule has 0 bridgehead atoms. The standard InChI is InChI=1S/C5H19O8Si4/c1-10-15(3,7)12-17(5,9)13-16(4,8)11-14(2)6/h6-9H,1-5H3. The first kappa shape index (κ1) is 17.5. The molecular weight excluding hydrogens is 300 g/mol. The van der Waals surface area contributed by atoms with Gasteiger partial charge in [0.1, 0.15) is 0 Å². The maximum atomic E-state index is 9.84. The summed E-state index contributed by atoms with van der Waals surface area (Å²) in [5.74, 6) is 0. The minimum atomic E-state index is -3.78. The van der Waals surface area contributed by atoms with Gasteiger partial charge in [0, 0.05) is 26.8 Å². The van der Waals surface area contributed by atoms with Crippen LogP contribution >= 0.6 is 0 Å². The van der Waals surface area contributed by atoms with Crippen LogP contribution in [0.1, 0.15) is 0 Å². The molecule has 8 nitrogen and oxygen atoms in total. The van der Waals surface area contributed by atoms with E-state index in [1.807, 2.05) is 0 Å². The zero-order valence-electron chi connectivity index (χ0n) is 10.4. The van der Waals surface area contributed by atoms with Crippen molar-refractivity contribution < 1.29 is 36.0 Å². The molecule has 0 spiro atoms. The van der Waals surface area contributed by atoms with Gasteiger partial charge in [0.15, 0.2) is 0 Å². The van der Waals surface area contributed by atoms with Crippen LogP contribution in [0.3, 0.4) is 0 Å². The molecule has 0 heterocycles. The predicted molar refractivity (Wildman–Crippen MR) is 65.6 cm³/mol. The van der Waals surface area contributed by atoms with Crippen molar-refractivity contribution in [2.24, 2.45) is 0 Å². The lowest BCUT2D eigenvalue weighted by atomic mass is 11.8. The van der Waals surface area contributed by atoms with E-state index in [2.05, 4.69) is 4.43 Å². The second kappa shape index (κ2) is 6.13. The average Bonchev–Trinajstić information content (AvgIpc) is 1.96. The van der Waals surface area contributed by atoms with E-state index in [0.29, 0.717) is 0 Å². The van der Waals surface area contributed by atoms with Crippen LogP contribution in [0, 0.1) is 0 Å². The summed E-state index contributed by atoms with van der Waals surface area (Å²) in [5, 5.41) is 0. The van der Waals surface area contributed by atoms with Gasteiger partial charge >= 0.3 is 35.7 Å². The van der Waals surface area contributed by atoms with Crippen LogP contribution in [0.15, 0.2) is 0 Å². The summed E-state index contributed by atoms with van der Waals surface area (Å²) < 4.78 is 19.5. The van der Waals surface area contributed by atoms with Crippen molar-refractivity contribution in [3.63, 3.8) is 0 Å². The zero-order valence-corrected chi connectivity index (χ0v) is 14.4. The van der Waals surface area contributed by atoms with Gasteiger partial charge in [-0.05, 0) is 6.55 Å². The lowest BCUT2D eigenvalue weighted by Gasteiger charge is -2.32. The maximum absolute atomic E-state index is 9.84. The summed E-state index contributed by atoms with van der Waals surface area (Å²) in [7, 11) is -11.8. The van der Waals surface area contributed by atoms with Gasteiger partial charge in [-0.15, -0.1) is 0 Å². The topological polar surface area (TPSA) is 118 Å². The van der Waals surface area contributed by atoms with Crippen LogP contribution in [0.5, 0.6) is 0 Å². The summed E-state index contributed by atoms with van der Waals surface area (Å²) >= 11 is 0. The first-order valence-electron chi connectivity index (χ1n) is 4.73. The molecular formula is C5H19O8Si4. The third-order valence-electron chi connectivity index (χ3n) is 1.47. The van der Waals surface area contributed by atoms with E-state index in [9.17, 15) is 14.4 Å². The summed E-state index contributed by atoms with van der Waals surface area (Å²) in [6.45, 7) is 5.16. The fourth-order valence-corrected chi connectivity index (χ4v) is 10.3. The van der Waals surface area contributed by atoms with Crippen molar-refractivity contribution in [3.8, 4) is 0 Å². The Balaban J connectivity index is 4.53. The SMILES string of the molecule is CO[Si](C)(O)O[Si](C)(O)O[Si](C)(O)O[Si](C)O. The van der Waals surface area contributed by atoms with Gasteiger partial charge in [-0.2, -0.15) is 0 Å². The highest BCUT2D eigenvalue weighted by Crippen LogP contribution is 2.16. The van der Waals surface area contributed by atoms with Crippen LogP contribution < -0.4 is 0 Å². The molecule has 0 aliphatic heterocycles. The second-order valence-electron chi connectivity index (χ2n) is 3.72. The summed E-state index contributed by atoms with van der Waals surface area (Å²) in [4.78, 5) is 38.2. The monoisotopic (exact) mass is 319 g/mol. The first-order chi connectivity index (χ1) is 7.39. The fourth-order valence-electron chi connectivity index (χ4n) is 1.06. The molecule has 17 heavy (non-hydrogen) atoms. The quantitative estimate of drug-likeness (QED) is 0.418. The Morgan fingerprint density at radius 2 is 1.29 bits per heavy atom. The van der Waals surface area contributed by atoms with E-state index in [-0.39, 0.29) is 0 Å². The number of rotatable bonds is 7. The zero-order chi connectivity index (χ0) is 13.9. The predicted octanol–water partition coefficient (Wildman–Crippen LogP) is -1.52. The molecule has 12 heteroatoms. The molecule has 0 saturated heterocycles. The van der Waals surface area contributed by atoms with Crippen molar-refractivity contribution >= 4 is 35.7 Å². The molecule has 0 aromatic heterocycles. The summed E-state index contributed by atoms with van der Waals surface area (Å²) in [6, 6.07) is 0. The van der Waals surface area contributed by atoms with E-state index in [0.717, 1.165) is 0 Å². The van der Waals surface area contributed by atoms with Crippen molar-refractivity contribution in [1.82, 2.24) is 0 Å².